The number of hydrogen-bond donors (Lipinski definition) is 3. The number of ether oxygens (including phenoxy) is 1. The number of aliphatic hydroxyl groups excluding tert-OH is 2. The van der Waals surface area contributed by atoms with Crippen LogP contribution in [0.5, 0.6) is 0 Å². The normalized spacial score (nSPS) is 29.3. The van der Waals surface area contributed by atoms with Gasteiger partial charge in [-0.15, -0.1) is 0 Å². The largest absolute Gasteiger partial charge is 0.469 e. The van der Waals surface area contributed by atoms with E-state index in [2.05, 4.69) is 0 Å². The molecular weight excluding hydrogens is 312 g/mol. The van der Waals surface area contributed by atoms with Crippen LogP contribution in [0.1, 0.15) is 40.5 Å². The number of carbonyl (C=O) groups is 2. The van der Waals surface area contributed by atoms with Gasteiger partial charge in [0.15, 0.2) is 11.4 Å². The fourth-order valence-corrected chi connectivity index (χ4v) is 2.98. The van der Waals surface area contributed by atoms with Gasteiger partial charge in [0, 0.05) is 23.5 Å². The van der Waals surface area contributed by atoms with Crippen molar-refractivity contribution in [3.8, 4) is 0 Å². The second kappa shape index (κ2) is 6.63. The molecule has 0 radical (unpaired) electrons. The van der Waals surface area contributed by atoms with Crippen molar-refractivity contribution in [2.24, 2.45) is 5.92 Å². The van der Waals surface area contributed by atoms with E-state index in [1.807, 2.05) is 0 Å². The third-order valence-electron chi connectivity index (χ3n) is 4.47. The van der Waals surface area contributed by atoms with Crippen LogP contribution in [0.15, 0.2) is 34.8 Å². The molecule has 0 saturated carbocycles. The summed E-state index contributed by atoms with van der Waals surface area (Å²) in [4.78, 5) is 24.8. The lowest BCUT2D eigenvalue weighted by Crippen LogP contribution is -2.52. The Morgan fingerprint density at radius 2 is 2.04 bits per heavy atom. The van der Waals surface area contributed by atoms with Crippen LogP contribution in [-0.4, -0.2) is 44.7 Å². The Kier molecular flexibility index (Phi) is 5.13. The smallest absolute Gasteiger partial charge is 0.193 e. The van der Waals surface area contributed by atoms with Crippen molar-refractivity contribution < 1.29 is 29.6 Å². The number of Topliss-reactive ketones (excluding diaryl/α,β-unsaturated/α-hetero) is 2. The monoisotopic (exact) mass is 336 g/mol. The van der Waals surface area contributed by atoms with Crippen molar-refractivity contribution in [2.45, 2.75) is 58.3 Å². The first-order valence-corrected chi connectivity index (χ1v) is 8.00. The average molecular weight is 336 g/mol. The first-order valence-electron chi connectivity index (χ1n) is 8.00. The van der Waals surface area contributed by atoms with E-state index < -0.39 is 29.5 Å². The molecule has 0 saturated heterocycles. The molecule has 2 aliphatic rings. The molecule has 24 heavy (non-hydrogen) atoms. The molecule has 0 amide bonds. The number of aliphatic hydroxyl groups is 3. The standard InChI is InChI=1S/C18H24O6/c1-9(15(20)6-10(2)19)5-13-12-7-11(3)24-8-14(12)17(22)18(4,23)16(13)21/h7-10,17,19,22-23H,5-6H2,1-4H3/t9?,10-,17-,18-/m0/s1. The molecule has 1 heterocycles. The highest BCUT2D eigenvalue weighted by Gasteiger charge is 2.48. The minimum Gasteiger partial charge on any atom is -0.469 e. The van der Waals surface area contributed by atoms with Crippen LogP contribution < -0.4 is 0 Å². The molecule has 0 aromatic heterocycles. The summed E-state index contributed by atoms with van der Waals surface area (Å²) < 4.78 is 5.28. The number of rotatable bonds is 5. The molecule has 132 valence electrons. The summed E-state index contributed by atoms with van der Waals surface area (Å²) in [5, 5.41) is 30.1. The number of carbonyl (C=O) groups excluding carboxylic acids is 2. The second-order valence-corrected chi connectivity index (χ2v) is 6.84. The van der Waals surface area contributed by atoms with E-state index in [-0.39, 0.29) is 18.6 Å². The van der Waals surface area contributed by atoms with E-state index in [4.69, 9.17) is 4.74 Å². The van der Waals surface area contributed by atoms with Gasteiger partial charge in [0.2, 0.25) is 0 Å². The lowest BCUT2D eigenvalue weighted by molar-refractivity contribution is -0.142. The van der Waals surface area contributed by atoms with Gasteiger partial charge in [-0.05, 0) is 38.8 Å². The van der Waals surface area contributed by atoms with Gasteiger partial charge in [0.05, 0.1) is 12.4 Å². The van der Waals surface area contributed by atoms with E-state index in [1.165, 1.54) is 20.1 Å². The summed E-state index contributed by atoms with van der Waals surface area (Å²) in [6, 6.07) is 0. The van der Waals surface area contributed by atoms with Gasteiger partial charge in [0.1, 0.15) is 17.6 Å². The van der Waals surface area contributed by atoms with Gasteiger partial charge >= 0.3 is 0 Å². The first kappa shape index (κ1) is 18.6. The predicted octanol–water partition coefficient (Wildman–Crippen LogP) is 1.16. The number of allylic oxidation sites excluding steroid dienone is 2. The molecule has 0 aromatic rings. The highest BCUT2D eigenvalue weighted by atomic mass is 16.5. The Balaban J connectivity index is 2.42. The Labute approximate surface area is 141 Å². The maximum absolute atomic E-state index is 12.7. The summed E-state index contributed by atoms with van der Waals surface area (Å²) in [6.07, 6.45) is 0.967. The topological polar surface area (TPSA) is 104 Å². The summed E-state index contributed by atoms with van der Waals surface area (Å²) >= 11 is 0. The van der Waals surface area contributed by atoms with Crippen molar-refractivity contribution in [1.82, 2.24) is 0 Å². The zero-order valence-corrected chi connectivity index (χ0v) is 14.4. The van der Waals surface area contributed by atoms with Crippen molar-refractivity contribution in [3.63, 3.8) is 0 Å². The molecule has 6 heteroatoms. The van der Waals surface area contributed by atoms with Gasteiger partial charge < -0.3 is 20.1 Å². The van der Waals surface area contributed by atoms with Crippen LogP contribution in [0.25, 0.3) is 0 Å². The number of fused-ring (bicyclic) bond motifs is 1. The predicted molar refractivity (Wildman–Crippen MR) is 86.7 cm³/mol. The quantitative estimate of drug-likeness (QED) is 0.696. The molecule has 6 nitrogen and oxygen atoms in total. The second-order valence-electron chi connectivity index (χ2n) is 6.84. The van der Waals surface area contributed by atoms with Crippen molar-refractivity contribution >= 4 is 11.6 Å². The van der Waals surface area contributed by atoms with Crippen molar-refractivity contribution in [3.05, 3.63) is 34.8 Å². The molecule has 0 bridgehead atoms. The summed E-state index contributed by atoms with van der Waals surface area (Å²) in [7, 11) is 0. The van der Waals surface area contributed by atoms with E-state index in [0.29, 0.717) is 22.5 Å². The molecule has 3 N–H and O–H groups in total. The highest BCUT2D eigenvalue weighted by Crippen LogP contribution is 2.40. The molecule has 0 spiro atoms. The van der Waals surface area contributed by atoms with Crippen LogP contribution >= 0.6 is 0 Å². The van der Waals surface area contributed by atoms with E-state index in [9.17, 15) is 24.9 Å². The lowest BCUT2D eigenvalue weighted by atomic mass is 9.72. The third kappa shape index (κ3) is 3.36. The molecule has 1 unspecified atom stereocenters. The molecule has 2 rings (SSSR count). The van der Waals surface area contributed by atoms with Gasteiger partial charge in [-0.3, -0.25) is 9.59 Å². The summed E-state index contributed by atoms with van der Waals surface area (Å²) in [6.45, 7) is 6.18. The minimum absolute atomic E-state index is 0.0116. The van der Waals surface area contributed by atoms with Crippen LogP contribution in [0.3, 0.4) is 0 Å². The van der Waals surface area contributed by atoms with Gasteiger partial charge in [0.25, 0.3) is 0 Å². The first-order chi connectivity index (χ1) is 11.1. The molecule has 4 atom stereocenters. The lowest BCUT2D eigenvalue weighted by Gasteiger charge is -2.37. The van der Waals surface area contributed by atoms with Crippen molar-refractivity contribution in [2.75, 3.05) is 0 Å². The Morgan fingerprint density at radius 1 is 1.42 bits per heavy atom. The fraction of sp³-hybridized carbons (Fsp3) is 0.556. The summed E-state index contributed by atoms with van der Waals surface area (Å²) in [5.74, 6) is -0.689. The number of ketones is 2. The van der Waals surface area contributed by atoms with Crippen LogP contribution in [0, 0.1) is 5.92 Å². The van der Waals surface area contributed by atoms with Gasteiger partial charge in [-0.2, -0.15) is 0 Å². The average Bonchev–Trinajstić information content (AvgIpc) is 2.49. The molecule has 1 aliphatic heterocycles. The van der Waals surface area contributed by atoms with Gasteiger partial charge in [-0.25, -0.2) is 0 Å². The zero-order chi connectivity index (χ0) is 18.2. The van der Waals surface area contributed by atoms with E-state index in [1.54, 1.807) is 19.9 Å². The Morgan fingerprint density at radius 3 is 2.62 bits per heavy atom. The van der Waals surface area contributed by atoms with E-state index >= 15 is 0 Å². The minimum atomic E-state index is -1.97. The molecular formula is C18H24O6. The third-order valence-corrected chi connectivity index (χ3v) is 4.47. The van der Waals surface area contributed by atoms with Crippen LogP contribution in [-0.2, 0) is 14.3 Å². The SMILES string of the molecule is CC1=CC2=C(CC(C)C(=O)C[C@H](C)O)C(=O)[C@](C)(O)[C@@H](O)C2=CO1. The Bertz CT molecular complexity index is 650. The van der Waals surface area contributed by atoms with Crippen molar-refractivity contribution in [1.29, 1.82) is 0 Å². The highest BCUT2D eigenvalue weighted by molar-refractivity contribution is 6.06. The fourth-order valence-electron chi connectivity index (χ4n) is 2.98. The van der Waals surface area contributed by atoms with Gasteiger partial charge in [-0.1, -0.05) is 6.92 Å². The summed E-state index contributed by atoms with van der Waals surface area (Å²) in [5.41, 5.74) is -0.847. The van der Waals surface area contributed by atoms with E-state index in [0.717, 1.165) is 0 Å². The molecule has 1 aliphatic carbocycles. The number of hydrogen-bond acceptors (Lipinski definition) is 6. The molecule has 0 fully saturated rings. The zero-order valence-electron chi connectivity index (χ0n) is 14.4. The molecule has 0 aromatic carbocycles. The van der Waals surface area contributed by atoms with Crippen LogP contribution in [0.2, 0.25) is 0 Å². The maximum atomic E-state index is 12.7. The van der Waals surface area contributed by atoms with Crippen LogP contribution in [0.4, 0.5) is 0 Å². The maximum Gasteiger partial charge on any atom is 0.193 e. The Hall–Kier alpha value is -1.76.